The van der Waals surface area contributed by atoms with Crippen molar-refractivity contribution in [2.24, 2.45) is 0 Å². The molecule has 0 saturated heterocycles. The third-order valence-electron chi connectivity index (χ3n) is 4.38. The molecule has 0 aliphatic rings. The molecule has 0 spiro atoms. The van der Waals surface area contributed by atoms with Crippen molar-refractivity contribution in [2.75, 3.05) is 0 Å². The lowest BCUT2D eigenvalue weighted by atomic mass is 10.1. The lowest BCUT2D eigenvalue weighted by molar-refractivity contribution is 0.833. The quantitative estimate of drug-likeness (QED) is 0.614. The minimum atomic E-state index is -0.203. The van der Waals surface area contributed by atoms with E-state index in [2.05, 4.69) is 15.1 Å². The van der Waals surface area contributed by atoms with Crippen LogP contribution in [-0.4, -0.2) is 19.7 Å². The zero-order chi connectivity index (χ0) is 18.1. The summed E-state index contributed by atoms with van der Waals surface area (Å²) in [6.07, 6.45) is 3.65. The zero-order valence-electron chi connectivity index (χ0n) is 14.6. The van der Waals surface area contributed by atoms with E-state index in [-0.39, 0.29) is 5.56 Å². The molecule has 0 radical (unpaired) electrons. The van der Waals surface area contributed by atoms with Crippen LogP contribution in [-0.2, 0) is 0 Å². The Kier molecular flexibility index (Phi) is 3.97. The summed E-state index contributed by atoms with van der Waals surface area (Å²) in [6.45, 7) is 3.98. The monoisotopic (exact) mass is 342 g/mol. The molecular formula is C21H18N4O. The fraction of sp³-hybridized carbons (Fsp3) is 0.0952. The molecular weight excluding hydrogens is 324 g/mol. The predicted octanol–water partition coefficient (Wildman–Crippen LogP) is 3.90. The van der Waals surface area contributed by atoms with Gasteiger partial charge in [0.1, 0.15) is 5.69 Å². The topological polar surface area (TPSA) is 63.6 Å². The van der Waals surface area contributed by atoms with E-state index in [1.54, 1.807) is 6.08 Å². The Hall–Kier alpha value is -3.47. The average Bonchev–Trinajstić information content (AvgIpc) is 2.95. The normalized spacial score (nSPS) is 11.5. The van der Waals surface area contributed by atoms with Crippen molar-refractivity contribution in [3.05, 3.63) is 87.6 Å². The van der Waals surface area contributed by atoms with E-state index in [4.69, 9.17) is 0 Å². The first kappa shape index (κ1) is 16.0. The molecule has 2 aromatic carbocycles. The Morgan fingerprint density at radius 3 is 2.50 bits per heavy atom. The number of fused-ring (bicyclic) bond motifs is 1. The Morgan fingerprint density at radius 1 is 0.962 bits per heavy atom. The molecule has 0 amide bonds. The second-order valence-corrected chi connectivity index (χ2v) is 6.13. The van der Waals surface area contributed by atoms with Crippen molar-refractivity contribution in [2.45, 2.75) is 13.8 Å². The van der Waals surface area contributed by atoms with Gasteiger partial charge >= 0.3 is 0 Å². The summed E-state index contributed by atoms with van der Waals surface area (Å²) < 4.78 is 1.91. The minimum Gasteiger partial charge on any atom is -0.319 e. The molecule has 0 aliphatic heterocycles. The molecule has 0 saturated carbocycles. The van der Waals surface area contributed by atoms with Crippen LogP contribution >= 0.6 is 0 Å². The van der Waals surface area contributed by atoms with Crippen LogP contribution in [0.1, 0.15) is 22.6 Å². The van der Waals surface area contributed by atoms with E-state index in [1.165, 1.54) is 0 Å². The van der Waals surface area contributed by atoms with E-state index >= 15 is 0 Å². The second kappa shape index (κ2) is 6.44. The van der Waals surface area contributed by atoms with E-state index in [9.17, 15) is 4.79 Å². The lowest BCUT2D eigenvalue weighted by Gasteiger charge is -2.03. The van der Waals surface area contributed by atoms with Gasteiger partial charge in [0.25, 0.3) is 5.56 Å². The fourth-order valence-corrected chi connectivity index (χ4v) is 3.04. The number of benzene rings is 2. The van der Waals surface area contributed by atoms with Crippen LogP contribution in [0.2, 0.25) is 0 Å². The molecule has 0 bridgehead atoms. The fourth-order valence-electron chi connectivity index (χ4n) is 3.04. The number of nitrogens with one attached hydrogen (secondary N) is 1. The number of aromatic nitrogens is 4. The molecule has 0 unspecified atom stereocenters. The van der Waals surface area contributed by atoms with E-state index in [0.29, 0.717) is 5.69 Å². The average molecular weight is 342 g/mol. The highest BCUT2D eigenvalue weighted by Crippen LogP contribution is 2.20. The number of rotatable bonds is 3. The predicted molar refractivity (Wildman–Crippen MR) is 104 cm³/mol. The largest absolute Gasteiger partial charge is 0.319 e. The molecule has 0 aliphatic carbocycles. The summed E-state index contributed by atoms with van der Waals surface area (Å²) in [5.41, 5.74) is 5.60. The van der Waals surface area contributed by atoms with E-state index in [0.717, 1.165) is 33.7 Å². The van der Waals surface area contributed by atoms with Gasteiger partial charge in [-0.15, -0.1) is 0 Å². The first-order valence-electron chi connectivity index (χ1n) is 8.42. The Labute approximate surface area is 150 Å². The van der Waals surface area contributed by atoms with Crippen molar-refractivity contribution in [1.82, 2.24) is 19.7 Å². The van der Waals surface area contributed by atoms with Gasteiger partial charge in [0, 0.05) is 11.3 Å². The van der Waals surface area contributed by atoms with E-state index in [1.807, 2.05) is 79.2 Å². The highest BCUT2D eigenvalue weighted by Gasteiger charge is 2.10. The molecule has 128 valence electrons. The first-order chi connectivity index (χ1) is 12.6. The highest BCUT2D eigenvalue weighted by molar-refractivity contribution is 5.77. The smallest absolute Gasteiger partial charge is 0.274 e. The van der Waals surface area contributed by atoms with Crippen molar-refractivity contribution in [3.63, 3.8) is 0 Å². The lowest BCUT2D eigenvalue weighted by Crippen LogP contribution is -2.11. The van der Waals surface area contributed by atoms with Crippen LogP contribution in [0.15, 0.2) is 59.4 Å². The van der Waals surface area contributed by atoms with Crippen LogP contribution < -0.4 is 5.56 Å². The van der Waals surface area contributed by atoms with Gasteiger partial charge in [-0.25, -0.2) is 9.67 Å². The molecule has 5 heteroatoms. The third-order valence-corrected chi connectivity index (χ3v) is 4.38. The maximum atomic E-state index is 12.3. The Morgan fingerprint density at radius 2 is 1.69 bits per heavy atom. The summed E-state index contributed by atoms with van der Waals surface area (Å²) in [7, 11) is 0. The summed E-state index contributed by atoms with van der Waals surface area (Å²) in [5.74, 6) is 0. The van der Waals surface area contributed by atoms with Gasteiger partial charge in [0.05, 0.1) is 22.4 Å². The summed E-state index contributed by atoms with van der Waals surface area (Å²) in [6, 6.07) is 17.5. The van der Waals surface area contributed by atoms with Gasteiger partial charge in [-0.2, -0.15) is 5.10 Å². The molecule has 2 heterocycles. The number of aryl methyl sites for hydroxylation is 1. The standard InChI is InChI=1S/C21H18N4O/c1-14-17(15(2)25(24-14)16-8-4-3-5-9-16)12-13-20-21(26)23-19-11-7-6-10-18(19)22-20/h3-13H,1-2H3,(H,23,26)/b13-12+. The van der Waals surface area contributed by atoms with Crippen molar-refractivity contribution >= 4 is 23.2 Å². The number of H-pyrrole nitrogens is 1. The molecule has 0 atom stereocenters. The minimum absolute atomic E-state index is 0.203. The summed E-state index contributed by atoms with van der Waals surface area (Å²) in [4.78, 5) is 19.6. The number of hydrogen-bond acceptors (Lipinski definition) is 3. The van der Waals surface area contributed by atoms with Crippen LogP contribution in [0, 0.1) is 13.8 Å². The van der Waals surface area contributed by atoms with Gasteiger partial charge < -0.3 is 4.98 Å². The number of para-hydroxylation sites is 3. The molecule has 5 nitrogen and oxygen atoms in total. The first-order valence-corrected chi connectivity index (χ1v) is 8.42. The zero-order valence-corrected chi connectivity index (χ0v) is 14.6. The van der Waals surface area contributed by atoms with Crippen molar-refractivity contribution < 1.29 is 0 Å². The van der Waals surface area contributed by atoms with Gasteiger partial charge in [0.2, 0.25) is 0 Å². The Bertz CT molecular complexity index is 1170. The number of aromatic amines is 1. The molecule has 1 N–H and O–H groups in total. The maximum Gasteiger partial charge on any atom is 0.274 e. The van der Waals surface area contributed by atoms with E-state index < -0.39 is 0 Å². The van der Waals surface area contributed by atoms with Gasteiger partial charge in [0.15, 0.2) is 0 Å². The SMILES string of the molecule is Cc1nn(-c2ccccc2)c(C)c1/C=C/c1nc2ccccc2[nH]c1=O. The molecule has 4 aromatic rings. The van der Waals surface area contributed by atoms with Gasteiger partial charge in [-0.1, -0.05) is 30.3 Å². The van der Waals surface area contributed by atoms with Crippen LogP contribution in [0.25, 0.3) is 28.9 Å². The third kappa shape index (κ3) is 2.84. The molecule has 26 heavy (non-hydrogen) atoms. The van der Waals surface area contributed by atoms with Crippen molar-refractivity contribution in [3.8, 4) is 5.69 Å². The van der Waals surface area contributed by atoms with Crippen molar-refractivity contribution in [1.29, 1.82) is 0 Å². The van der Waals surface area contributed by atoms with Gasteiger partial charge in [-0.3, -0.25) is 4.79 Å². The van der Waals surface area contributed by atoms with Crippen LogP contribution in [0.3, 0.4) is 0 Å². The van der Waals surface area contributed by atoms with Crippen LogP contribution in [0.5, 0.6) is 0 Å². The van der Waals surface area contributed by atoms with Crippen LogP contribution in [0.4, 0.5) is 0 Å². The number of hydrogen-bond donors (Lipinski definition) is 1. The summed E-state index contributed by atoms with van der Waals surface area (Å²) in [5, 5.41) is 4.62. The molecule has 0 fully saturated rings. The number of nitrogens with zero attached hydrogens (tertiary/aromatic N) is 3. The Balaban J connectivity index is 1.75. The maximum absolute atomic E-state index is 12.3. The summed E-state index contributed by atoms with van der Waals surface area (Å²) >= 11 is 0. The highest BCUT2D eigenvalue weighted by atomic mass is 16.1. The van der Waals surface area contributed by atoms with Gasteiger partial charge in [-0.05, 0) is 50.3 Å². The molecule has 4 rings (SSSR count). The second-order valence-electron chi connectivity index (χ2n) is 6.13. The molecule has 2 aromatic heterocycles.